The molecule has 19 heavy (non-hydrogen) atoms. The van der Waals surface area contributed by atoms with Crippen LogP contribution in [0.25, 0.3) is 0 Å². The predicted molar refractivity (Wildman–Crippen MR) is 63.0 cm³/mol. The van der Waals surface area contributed by atoms with E-state index < -0.39 is 29.2 Å². The van der Waals surface area contributed by atoms with Crippen molar-refractivity contribution in [3.8, 4) is 0 Å². The number of rotatable bonds is 3. The van der Waals surface area contributed by atoms with Crippen LogP contribution in [0.5, 0.6) is 0 Å². The summed E-state index contributed by atoms with van der Waals surface area (Å²) in [5.74, 6) is -4.56. The summed E-state index contributed by atoms with van der Waals surface area (Å²) in [6.07, 6.45) is 1.24. The van der Waals surface area contributed by atoms with Crippen LogP contribution in [0.1, 0.15) is 23.2 Å². The molecular weight excluding hydrogens is 258 g/mol. The van der Waals surface area contributed by atoms with Gasteiger partial charge in [0.15, 0.2) is 11.6 Å². The molecule has 0 aromatic heterocycles. The molecule has 3 N–H and O–H groups in total. The highest BCUT2D eigenvalue weighted by Crippen LogP contribution is 2.22. The summed E-state index contributed by atoms with van der Waals surface area (Å²) in [4.78, 5) is 22.1. The quantitative estimate of drug-likeness (QED) is 0.774. The first-order valence-electron chi connectivity index (χ1n) is 5.76. The van der Waals surface area contributed by atoms with Crippen molar-refractivity contribution in [3.05, 3.63) is 29.3 Å². The third-order valence-electron chi connectivity index (χ3n) is 2.93. The third kappa shape index (κ3) is 2.64. The number of amides is 1. The van der Waals surface area contributed by atoms with Gasteiger partial charge >= 0.3 is 5.97 Å². The molecule has 7 heteroatoms. The van der Waals surface area contributed by atoms with Crippen molar-refractivity contribution in [2.45, 2.75) is 18.9 Å². The van der Waals surface area contributed by atoms with E-state index in [4.69, 9.17) is 5.11 Å². The van der Waals surface area contributed by atoms with Crippen molar-refractivity contribution in [2.75, 3.05) is 11.9 Å². The van der Waals surface area contributed by atoms with Crippen LogP contribution >= 0.6 is 0 Å². The van der Waals surface area contributed by atoms with Crippen LogP contribution in [0.4, 0.5) is 14.5 Å². The van der Waals surface area contributed by atoms with Gasteiger partial charge in [0, 0.05) is 6.54 Å². The van der Waals surface area contributed by atoms with Crippen LogP contribution in [0, 0.1) is 11.6 Å². The van der Waals surface area contributed by atoms with Gasteiger partial charge in [-0.2, -0.15) is 0 Å². The molecule has 1 aromatic rings. The fourth-order valence-electron chi connectivity index (χ4n) is 1.92. The first kappa shape index (κ1) is 13.3. The molecule has 1 aliphatic heterocycles. The van der Waals surface area contributed by atoms with Crippen LogP contribution in [-0.2, 0) is 4.79 Å². The molecule has 5 nitrogen and oxygen atoms in total. The molecule has 1 saturated heterocycles. The lowest BCUT2D eigenvalue weighted by Crippen LogP contribution is -2.44. The summed E-state index contributed by atoms with van der Waals surface area (Å²) in [6.45, 7) is 0.561. The zero-order valence-corrected chi connectivity index (χ0v) is 9.87. The maximum absolute atomic E-state index is 13.7. The van der Waals surface area contributed by atoms with Gasteiger partial charge in [-0.25, -0.2) is 13.6 Å². The fraction of sp³-hybridized carbons (Fsp3) is 0.333. The van der Waals surface area contributed by atoms with Crippen LogP contribution in [0.2, 0.25) is 0 Å². The normalized spacial score (nSPS) is 18.8. The van der Waals surface area contributed by atoms with E-state index in [1.54, 1.807) is 0 Å². The number of carboxylic acids is 1. The Morgan fingerprint density at radius 3 is 2.74 bits per heavy atom. The monoisotopic (exact) mass is 270 g/mol. The minimum atomic E-state index is -1.54. The van der Waals surface area contributed by atoms with Crippen LogP contribution < -0.4 is 10.6 Å². The number of aromatic carboxylic acids is 1. The maximum atomic E-state index is 13.7. The molecule has 1 heterocycles. The molecule has 0 radical (unpaired) electrons. The number of carbonyl (C=O) groups excluding carboxylic acids is 1. The second-order valence-corrected chi connectivity index (χ2v) is 4.22. The van der Waals surface area contributed by atoms with Gasteiger partial charge in [-0.3, -0.25) is 4.79 Å². The Morgan fingerprint density at radius 2 is 2.11 bits per heavy atom. The summed E-state index contributed by atoms with van der Waals surface area (Å²) in [5, 5.41) is 13.8. The smallest absolute Gasteiger partial charge is 0.338 e. The summed E-state index contributed by atoms with van der Waals surface area (Å²) in [6, 6.07) is 1.44. The molecule has 0 spiro atoms. The molecule has 1 atom stereocenters. The number of nitrogens with one attached hydrogen (secondary N) is 2. The average molecular weight is 270 g/mol. The van der Waals surface area contributed by atoms with Crippen LogP contribution in [0.3, 0.4) is 0 Å². The molecule has 0 bridgehead atoms. The van der Waals surface area contributed by atoms with Crippen molar-refractivity contribution in [1.82, 2.24) is 5.32 Å². The van der Waals surface area contributed by atoms with Gasteiger partial charge in [-0.1, -0.05) is 0 Å². The summed E-state index contributed by atoms with van der Waals surface area (Å²) in [7, 11) is 0. The van der Waals surface area contributed by atoms with Crippen molar-refractivity contribution in [1.29, 1.82) is 0 Å². The molecule has 1 fully saturated rings. The first-order valence-corrected chi connectivity index (χ1v) is 5.76. The fourth-order valence-corrected chi connectivity index (χ4v) is 1.92. The summed E-state index contributed by atoms with van der Waals surface area (Å²) in [5.41, 5.74) is -0.958. The predicted octanol–water partition coefficient (Wildman–Crippen LogP) is 1.35. The lowest BCUT2D eigenvalue weighted by molar-refractivity contribution is -0.123. The Morgan fingerprint density at radius 1 is 1.37 bits per heavy atom. The van der Waals surface area contributed by atoms with Gasteiger partial charge in [0.2, 0.25) is 5.91 Å². The summed E-state index contributed by atoms with van der Waals surface area (Å²) >= 11 is 0. The number of carboxylic acid groups (broad SMARTS) is 1. The number of anilines is 1. The molecular formula is C12H12F2N2O3. The molecule has 0 aliphatic carbocycles. The van der Waals surface area contributed by atoms with E-state index in [2.05, 4.69) is 10.6 Å². The molecule has 1 aromatic carbocycles. The van der Waals surface area contributed by atoms with Crippen molar-refractivity contribution in [3.63, 3.8) is 0 Å². The Labute approximate surface area is 107 Å². The van der Waals surface area contributed by atoms with Crippen LogP contribution in [0.15, 0.2) is 12.1 Å². The minimum absolute atomic E-state index is 0.218. The topological polar surface area (TPSA) is 78.4 Å². The van der Waals surface area contributed by atoms with E-state index in [1.807, 2.05) is 0 Å². The Hall–Kier alpha value is -2.18. The zero-order chi connectivity index (χ0) is 14.0. The van der Waals surface area contributed by atoms with E-state index in [1.165, 1.54) is 0 Å². The van der Waals surface area contributed by atoms with Gasteiger partial charge < -0.3 is 15.7 Å². The highest BCUT2D eigenvalue weighted by atomic mass is 19.2. The van der Waals surface area contributed by atoms with E-state index in [0.717, 1.165) is 18.6 Å². The second-order valence-electron chi connectivity index (χ2n) is 4.22. The lowest BCUT2D eigenvalue weighted by atomic mass is 10.1. The molecule has 102 valence electrons. The Kier molecular flexibility index (Phi) is 3.64. The van der Waals surface area contributed by atoms with Gasteiger partial charge in [-0.15, -0.1) is 0 Å². The average Bonchev–Trinajstić information content (AvgIpc) is 2.37. The van der Waals surface area contributed by atoms with Crippen molar-refractivity contribution < 1.29 is 23.5 Å². The van der Waals surface area contributed by atoms with Crippen molar-refractivity contribution >= 4 is 17.6 Å². The van der Waals surface area contributed by atoms with E-state index in [0.29, 0.717) is 13.0 Å². The van der Waals surface area contributed by atoms with Gasteiger partial charge in [0.05, 0.1) is 11.3 Å². The summed E-state index contributed by atoms with van der Waals surface area (Å²) < 4.78 is 27.1. The third-order valence-corrected chi connectivity index (χ3v) is 2.93. The highest BCUT2D eigenvalue weighted by Gasteiger charge is 2.24. The zero-order valence-electron chi connectivity index (χ0n) is 9.87. The SMILES string of the molecule is O=C(O)c1ccc(NC2CCCNC2=O)c(F)c1F. The van der Waals surface area contributed by atoms with E-state index in [9.17, 15) is 18.4 Å². The number of hydrogen-bond acceptors (Lipinski definition) is 3. The number of hydrogen-bond donors (Lipinski definition) is 3. The maximum Gasteiger partial charge on any atom is 0.338 e. The van der Waals surface area contributed by atoms with E-state index in [-0.39, 0.29) is 11.6 Å². The molecule has 0 saturated carbocycles. The number of benzene rings is 1. The second kappa shape index (κ2) is 5.21. The Balaban J connectivity index is 2.24. The first-order chi connectivity index (χ1) is 9.00. The number of halogens is 2. The van der Waals surface area contributed by atoms with Crippen molar-refractivity contribution in [2.24, 2.45) is 0 Å². The van der Waals surface area contributed by atoms with Gasteiger partial charge in [0.1, 0.15) is 6.04 Å². The molecule has 1 aliphatic rings. The lowest BCUT2D eigenvalue weighted by Gasteiger charge is -2.24. The highest BCUT2D eigenvalue weighted by molar-refractivity contribution is 5.89. The molecule has 1 unspecified atom stereocenters. The standard InChI is InChI=1S/C12H12F2N2O3/c13-9-6(12(18)19)3-4-7(10(9)14)16-8-2-1-5-15-11(8)17/h3-4,8,16H,1-2,5H2,(H,15,17)(H,18,19). The molecule has 1 amide bonds. The molecule has 2 rings (SSSR count). The van der Waals surface area contributed by atoms with E-state index >= 15 is 0 Å². The number of piperidine rings is 1. The van der Waals surface area contributed by atoms with Gasteiger partial charge in [0.25, 0.3) is 0 Å². The van der Waals surface area contributed by atoms with Gasteiger partial charge in [-0.05, 0) is 25.0 Å². The number of carbonyl (C=O) groups is 2. The minimum Gasteiger partial charge on any atom is -0.478 e. The Bertz CT molecular complexity index is 534. The largest absolute Gasteiger partial charge is 0.478 e. The van der Waals surface area contributed by atoms with Crippen LogP contribution in [-0.4, -0.2) is 29.6 Å².